The lowest BCUT2D eigenvalue weighted by Crippen LogP contribution is -2.25. The molecule has 0 bridgehead atoms. The van der Waals surface area contributed by atoms with Crippen LogP contribution >= 0.6 is 7.82 Å². The largest absolute Gasteiger partial charge is 0.469 e. The van der Waals surface area contributed by atoms with Gasteiger partial charge in [0.15, 0.2) is 11.2 Å². The quantitative estimate of drug-likeness (QED) is 0.363. The summed E-state index contributed by atoms with van der Waals surface area (Å²) in [6.07, 6.45) is -1.26. The first-order valence-corrected chi connectivity index (χ1v) is 8.03. The fraction of sp³-hybridized carbons (Fsp3) is 0.500. The van der Waals surface area contributed by atoms with Crippen molar-refractivity contribution >= 4 is 24.9 Å². The zero-order chi connectivity index (χ0) is 16.8. The van der Waals surface area contributed by atoms with Gasteiger partial charge < -0.3 is 30.8 Å². The normalized spacial score (nSPS) is 24.2. The van der Waals surface area contributed by atoms with Gasteiger partial charge in [0, 0.05) is 6.42 Å². The van der Waals surface area contributed by atoms with Gasteiger partial charge in [0.2, 0.25) is 5.95 Å². The van der Waals surface area contributed by atoms with Crippen LogP contribution in [-0.4, -0.2) is 58.7 Å². The predicted molar refractivity (Wildman–Crippen MR) is 78.7 cm³/mol. The average Bonchev–Trinajstić information content (AvgIpc) is 2.99. The summed E-state index contributed by atoms with van der Waals surface area (Å²) in [5.74, 6) is -0.0934. The highest BCUT2D eigenvalue weighted by atomic mass is 31.2. The number of hydrogen-bond acceptors (Lipinski definition) is 8. The van der Waals surface area contributed by atoms with Crippen LogP contribution in [0.25, 0.3) is 11.2 Å². The van der Waals surface area contributed by atoms with Gasteiger partial charge >= 0.3 is 7.82 Å². The van der Waals surface area contributed by atoms with Crippen molar-refractivity contribution in [3.63, 3.8) is 0 Å². The molecule has 1 fully saturated rings. The van der Waals surface area contributed by atoms with Gasteiger partial charge in [-0.15, -0.1) is 0 Å². The van der Waals surface area contributed by atoms with E-state index in [1.54, 1.807) is 0 Å². The summed E-state index contributed by atoms with van der Waals surface area (Å²) in [6, 6.07) is 0. The Morgan fingerprint density at radius 3 is 2.92 bits per heavy atom. The maximum absolute atomic E-state index is 11.7. The molecule has 3 heterocycles. The van der Waals surface area contributed by atoms with Gasteiger partial charge in [0.1, 0.15) is 12.3 Å². The van der Waals surface area contributed by atoms with Gasteiger partial charge in [-0.3, -0.25) is 18.9 Å². The summed E-state index contributed by atoms with van der Waals surface area (Å²) in [7, 11) is -4.66. The maximum Gasteiger partial charge on any atom is 0.469 e. The number of aliphatic hydroxyl groups is 1. The number of H-pyrrole nitrogens is 1. The predicted octanol–water partition coefficient (Wildman–Crippen LogP) is -2.37. The maximum atomic E-state index is 11.7. The van der Waals surface area contributed by atoms with Gasteiger partial charge in [-0.1, -0.05) is 0 Å². The zero-order valence-electron chi connectivity index (χ0n) is 12.1. The third kappa shape index (κ3) is 3.62. The monoisotopic (exact) mass is 365 g/mol. The number of hydrogen-bond donors (Lipinski definition) is 5. The number of rotatable bonds is 4. The summed E-state index contributed by atoms with van der Waals surface area (Å²) in [5, 5.41) is 9.93. The van der Waals surface area contributed by atoms with E-state index in [0.29, 0.717) is 0 Å². The molecule has 0 aliphatic carbocycles. The van der Waals surface area contributed by atoms with Crippen molar-refractivity contribution in [3.05, 3.63) is 16.7 Å². The van der Waals surface area contributed by atoms with E-state index in [-0.39, 0.29) is 29.0 Å². The van der Waals surface area contributed by atoms with Crippen LogP contribution < -0.4 is 11.3 Å². The van der Waals surface area contributed by atoms with Crippen LogP contribution in [0.5, 0.6) is 0 Å². The molecule has 24 heavy (non-hydrogen) atoms. The van der Waals surface area contributed by atoms with E-state index in [0.717, 1.165) is 0 Å². The first-order chi connectivity index (χ1) is 10.7. The zero-order valence-corrected chi connectivity index (χ0v) is 13.0. The van der Waals surface area contributed by atoms with Crippen LogP contribution in [0.2, 0.25) is 0 Å². The first kappa shape index (κ1) is 18.5. The second-order valence-corrected chi connectivity index (χ2v) is 6.23. The van der Waals surface area contributed by atoms with Crippen LogP contribution in [0.15, 0.2) is 11.1 Å². The molecule has 2 aromatic heterocycles. The molecule has 0 radical (unpaired) electrons. The van der Waals surface area contributed by atoms with E-state index in [9.17, 15) is 14.5 Å². The number of phosphoric ester groups is 1. The summed E-state index contributed by atoms with van der Waals surface area (Å²) < 4.78 is 22.0. The number of phosphoric acid groups is 1. The molecule has 0 aromatic carbocycles. The van der Waals surface area contributed by atoms with Crippen LogP contribution in [0.4, 0.5) is 5.95 Å². The average molecular weight is 365 g/mol. The lowest BCUT2D eigenvalue weighted by atomic mass is 10.2. The molecule has 134 valence electrons. The van der Waals surface area contributed by atoms with E-state index in [1.807, 2.05) is 0 Å². The minimum atomic E-state index is -4.66. The Balaban J connectivity index is 0.00000208. The van der Waals surface area contributed by atoms with E-state index in [1.165, 1.54) is 10.9 Å². The molecule has 2 aromatic rings. The third-order valence-corrected chi connectivity index (χ3v) is 3.86. The fourth-order valence-electron chi connectivity index (χ4n) is 2.36. The lowest BCUT2D eigenvalue weighted by molar-refractivity contribution is -0.0424. The number of aromatic amines is 1. The fourth-order valence-corrected chi connectivity index (χ4v) is 2.70. The number of nitrogens with two attached hydrogens (primary N) is 1. The number of fused-ring (bicyclic) bond motifs is 1. The van der Waals surface area contributed by atoms with E-state index >= 15 is 0 Å². The summed E-state index contributed by atoms with van der Waals surface area (Å²) in [4.78, 5) is 39.3. The number of nitrogens with zero attached hydrogens (tertiary/aromatic N) is 3. The molecule has 1 aliphatic rings. The minimum Gasteiger partial charge on any atom is -0.412 e. The molecule has 0 saturated carbocycles. The van der Waals surface area contributed by atoms with Crippen LogP contribution in [0.1, 0.15) is 12.6 Å². The van der Waals surface area contributed by atoms with Crippen molar-refractivity contribution < 1.29 is 34.2 Å². The molecule has 3 rings (SSSR count). The second kappa shape index (κ2) is 6.57. The SMILES string of the molecule is Nc1nc2c(ncn2[C@H]2C[C@H](O)[C@@H](COP(=O)(O)O)O2)c(=O)[nH]1.O. The van der Waals surface area contributed by atoms with Crippen molar-refractivity contribution in [3.8, 4) is 0 Å². The molecular weight excluding hydrogens is 349 g/mol. The van der Waals surface area contributed by atoms with Crippen LogP contribution in [-0.2, 0) is 13.8 Å². The van der Waals surface area contributed by atoms with Crippen LogP contribution in [0, 0.1) is 0 Å². The molecule has 1 saturated heterocycles. The highest BCUT2D eigenvalue weighted by molar-refractivity contribution is 7.46. The number of aliphatic hydroxyl groups excluding tert-OH is 1. The minimum absolute atomic E-state index is 0. The van der Waals surface area contributed by atoms with Crippen molar-refractivity contribution in [1.82, 2.24) is 19.5 Å². The van der Waals surface area contributed by atoms with Crippen molar-refractivity contribution in [1.29, 1.82) is 0 Å². The molecule has 13 nitrogen and oxygen atoms in total. The van der Waals surface area contributed by atoms with Gasteiger partial charge in [0.25, 0.3) is 5.56 Å². The summed E-state index contributed by atoms with van der Waals surface area (Å²) in [6.45, 7) is -0.481. The van der Waals surface area contributed by atoms with E-state index in [2.05, 4.69) is 19.5 Å². The van der Waals surface area contributed by atoms with Gasteiger partial charge in [-0.25, -0.2) is 9.55 Å². The number of ether oxygens (including phenoxy) is 1. The molecule has 1 aliphatic heterocycles. The van der Waals surface area contributed by atoms with Crippen molar-refractivity contribution in [2.45, 2.75) is 24.9 Å². The summed E-state index contributed by atoms with van der Waals surface area (Å²) in [5.41, 5.74) is 5.23. The van der Waals surface area contributed by atoms with E-state index < -0.39 is 38.4 Å². The summed E-state index contributed by atoms with van der Waals surface area (Å²) >= 11 is 0. The number of nitrogen functional groups attached to an aromatic ring is 1. The molecule has 0 amide bonds. The van der Waals surface area contributed by atoms with Gasteiger partial charge in [0.05, 0.1) is 19.0 Å². The number of anilines is 1. The Kier molecular flexibility index (Phi) is 5.05. The molecule has 0 spiro atoms. The standard InChI is InChI=1S/C10H14N5O7P.H2O/c11-10-13-8-7(9(17)14-10)12-3-15(8)6-1-4(16)5(22-6)2-21-23(18,19)20;/h3-6,16H,1-2H2,(H2,18,19,20)(H3,11,13,14,17);1H2/t4-,5+,6+;/m0./s1. The first-order valence-electron chi connectivity index (χ1n) is 6.50. The molecule has 0 unspecified atom stereocenters. The molecule has 8 N–H and O–H groups in total. The third-order valence-electron chi connectivity index (χ3n) is 3.37. The smallest absolute Gasteiger partial charge is 0.412 e. The number of nitrogens with one attached hydrogen (secondary N) is 1. The number of aromatic nitrogens is 4. The topological polar surface area (TPSA) is 217 Å². The molecular formula is C10H16N5O8P. The molecule has 3 atom stereocenters. The molecule has 14 heteroatoms. The van der Waals surface area contributed by atoms with E-state index in [4.69, 9.17) is 20.3 Å². The van der Waals surface area contributed by atoms with Crippen LogP contribution in [0.3, 0.4) is 0 Å². The van der Waals surface area contributed by atoms with Gasteiger partial charge in [-0.05, 0) is 0 Å². The Labute approximate surface area is 133 Å². The Bertz CT molecular complexity index is 830. The lowest BCUT2D eigenvalue weighted by Gasteiger charge is -2.16. The van der Waals surface area contributed by atoms with Gasteiger partial charge in [-0.2, -0.15) is 4.98 Å². The Morgan fingerprint density at radius 1 is 1.54 bits per heavy atom. The van der Waals surface area contributed by atoms with Crippen molar-refractivity contribution in [2.24, 2.45) is 0 Å². The van der Waals surface area contributed by atoms with Crippen molar-refractivity contribution in [2.75, 3.05) is 12.3 Å². The Morgan fingerprint density at radius 2 is 2.25 bits per heavy atom. The Hall–Kier alpha value is -1.86. The highest BCUT2D eigenvalue weighted by Gasteiger charge is 2.37. The second-order valence-electron chi connectivity index (χ2n) is 4.99. The highest BCUT2D eigenvalue weighted by Crippen LogP contribution is 2.38. The number of imidazole rings is 1.